The first-order chi connectivity index (χ1) is 15.3. The first kappa shape index (κ1) is 20.0. The van der Waals surface area contributed by atoms with E-state index in [0.29, 0.717) is 57.8 Å². The number of hydrogen-bond donors (Lipinski definition) is 4. The maximum Gasteiger partial charge on any atom is 0.224 e. The fourth-order valence-electron chi connectivity index (χ4n) is 4.31. The van der Waals surface area contributed by atoms with E-state index in [-0.39, 0.29) is 22.5 Å². The average molecular weight is 433 g/mol. The number of aryl methyl sites for hydroxylation is 2. The summed E-state index contributed by atoms with van der Waals surface area (Å²) in [5.74, 6) is 0.470. The van der Waals surface area contributed by atoms with Crippen molar-refractivity contribution in [1.82, 2.24) is 29.3 Å². The van der Waals surface area contributed by atoms with Crippen LogP contribution in [-0.4, -0.2) is 53.2 Å². The molecule has 164 valence electrons. The Bertz CT molecular complexity index is 1590. The van der Waals surface area contributed by atoms with Crippen molar-refractivity contribution < 1.29 is 14.9 Å². The monoisotopic (exact) mass is 433 g/mol. The average Bonchev–Trinajstić information content (AvgIpc) is 3.23. The number of rotatable bonds is 4. The third kappa shape index (κ3) is 2.69. The van der Waals surface area contributed by atoms with Crippen molar-refractivity contribution in [3.05, 3.63) is 40.8 Å². The van der Waals surface area contributed by atoms with Gasteiger partial charge in [0.15, 0.2) is 11.3 Å². The third-order valence-corrected chi connectivity index (χ3v) is 5.83. The Balaban J connectivity index is 2.01. The lowest BCUT2D eigenvalue weighted by Gasteiger charge is -2.13. The first-order valence-electron chi connectivity index (χ1n) is 10.2. The second kappa shape index (κ2) is 7.06. The normalized spacial score (nSPS) is 11.9. The summed E-state index contributed by atoms with van der Waals surface area (Å²) in [7, 11) is 1.61. The molecule has 0 unspecified atom stereocenters. The summed E-state index contributed by atoms with van der Waals surface area (Å²) >= 11 is 0. The van der Waals surface area contributed by atoms with Gasteiger partial charge in [0.2, 0.25) is 5.88 Å². The number of nitrogens with one attached hydrogen (secondary N) is 2. The molecule has 0 bridgehead atoms. The lowest BCUT2D eigenvalue weighted by molar-refractivity contribution is 0.184. The van der Waals surface area contributed by atoms with Gasteiger partial charge in [-0.3, -0.25) is 9.98 Å². The minimum absolute atomic E-state index is 0.0346. The van der Waals surface area contributed by atoms with Gasteiger partial charge in [-0.2, -0.15) is 10.1 Å². The van der Waals surface area contributed by atoms with Crippen molar-refractivity contribution in [3.63, 3.8) is 0 Å². The van der Waals surface area contributed by atoms with Gasteiger partial charge in [0, 0.05) is 12.7 Å². The number of nitrogens with zero attached hydrogens (tertiary/aromatic N) is 5. The molecule has 4 N–H and O–H groups in total. The Labute approximate surface area is 182 Å². The van der Waals surface area contributed by atoms with Gasteiger partial charge in [0.1, 0.15) is 17.1 Å². The number of hydrogen-bond acceptors (Lipinski definition) is 7. The summed E-state index contributed by atoms with van der Waals surface area (Å²) in [6.07, 6.45) is 1.69. The first-order valence-corrected chi connectivity index (χ1v) is 10.2. The van der Waals surface area contributed by atoms with E-state index in [1.165, 1.54) is 0 Å². The van der Waals surface area contributed by atoms with E-state index in [9.17, 15) is 10.2 Å². The highest BCUT2D eigenvalue weighted by Crippen LogP contribution is 2.35. The maximum absolute atomic E-state index is 11.0. The quantitative estimate of drug-likeness (QED) is 0.344. The van der Waals surface area contributed by atoms with Crippen LogP contribution in [0, 0.1) is 26.2 Å². The van der Waals surface area contributed by atoms with Crippen LogP contribution in [0.15, 0.2) is 18.3 Å². The molecule has 0 saturated carbocycles. The third-order valence-electron chi connectivity index (χ3n) is 5.83. The Kier molecular flexibility index (Phi) is 4.41. The van der Waals surface area contributed by atoms with Crippen LogP contribution >= 0.6 is 0 Å². The molecule has 0 aliphatic heterocycles. The number of aromatic hydroxyl groups is 2. The molecular weight excluding hydrogens is 410 g/mol. The lowest BCUT2D eigenvalue weighted by atomic mass is 10.1. The summed E-state index contributed by atoms with van der Waals surface area (Å²) in [4.78, 5) is 12.4. The topological polar surface area (TPSA) is 138 Å². The molecule has 4 aromatic heterocycles. The van der Waals surface area contributed by atoms with Crippen LogP contribution in [0.5, 0.6) is 11.6 Å². The van der Waals surface area contributed by atoms with Crippen molar-refractivity contribution in [2.45, 2.75) is 27.3 Å². The number of phenols is 1. The van der Waals surface area contributed by atoms with Crippen LogP contribution in [-0.2, 0) is 11.3 Å². The highest BCUT2D eigenvalue weighted by molar-refractivity contribution is 6.16. The molecule has 0 saturated heterocycles. The van der Waals surface area contributed by atoms with Gasteiger partial charge in [-0.05, 0) is 32.4 Å². The maximum atomic E-state index is 11.0. The molecule has 0 radical (unpaired) electrons. The van der Waals surface area contributed by atoms with Crippen molar-refractivity contribution in [1.29, 1.82) is 5.41 Å². The number of methoxy groups -OCH3 is 1. The van der Waals surface area contributed by atoms with E-state index in [0.717, 1.165) is 5.56 Å². The molecule has 4 heterocycles. The molecule has 0 amide bonds. The van der Waals surface area contributed by atoms with Crippen LogP contribution in [0.3, 0.4) is 0 Å². The fraction of sp³-hybridized carbons (Fsp3) is 0.273. The molecule has 32 heavy (non-hydrogen) atoms. The second-order valence-electron chi connectivity index (χ2n) is 7.86. The predicted octanol–water partition coefficient (Wildman–Crippen LogP) is 2.71. The summed E-state index contributed by atoms with van der Waals surface area (Å²) in [6, 6.07) is 3.42. The number of benzene rings is 1. The summed E-state index contributed by atoms with van der Waals surface area (Å²) in [5, 5.41) is 36.3. The van der Waals surface area contributed by atoms with Crippen LogP contribution < -0.4 is 5.49 Å². The number of H-pyrrole nitrogens is 1. The van der Waals surface area contributed by atoms with Gasteiger partial charge in [0.25, 0.3) is 0 Å². The molecule has 0 spiro atoms. The smallest absolute Gasteiger partial charge is 0.224 e. The molecule has 0 aliphatic rings. The number of ether oxygens (including phenoxy) is 1. The molecule has 5 rings (SSSR count). The Hall–Kier alpha value is -3.92. The largest absolute Gasteiger partial charge is 0.508 e. The van der Waals surface area contributed by atoms with E-state index >= 15 is 0 Å². The summed E-state index contributed by atoms with van der Waals surface area (Å²) < 4.78 is 8.48. The number of aromatic nitrogens is 6. The number of aromatic amines is 1. The van der Waals surface area contributed by atoms with Crippen LogP contribution in [0.4, 0.5) is 0 Å². The highest BCUT2D eigenvalue weighted by atomic mass is 16.5. The highest BCUT2D eigenvalue weighted by Gasteiger charge is 2.23. The zero-order chi connectivity index (χ0) is 22.7. The van der Waals surface area contributed by atoms with Crippen LogP contribution in [0.25, 0.3) is 38.7 Å². The van der Waals surface area contributed by atoms with E-state index in [4.69, 9.17) is 10.1 Å². The van der Waals surface area contributed by atoms with Crippen molar-refractivity contribution in [2.75, 3.05) is 13.7 Å². The van der Waals surface area contributed by atoms with Gasteiger partial charge < -0.3 is 19.9 Å². The van der Waals surface area contributed by atoms with Gasteiger partial charge >= 0.3 is 0 Å². The Morgan fingerprint density at radius 3 is 2.62 bits per heavy atom. The van der Waals surface area contributed by atoms with Gasteiger partial charge in [-0.15, -0.1) is 0 Å². The number of fused-ring (bicyclic) bond motifs is 2. The molecular formula is C22H23N7O3. The standard InChI is InChI=1S/C22H23N7O3/c1-10-5-6-14(30)11(2)18(10)29-19(23)16-15-17(25-12(3)26-21(15)29)13-9-24-28(7-8-32-4)20(13)27-22(16)31/h5-6,9,23,30-31H,7-8H2,1-4H3,(H,25,26). The zero-order valence-electron chi connectivity index (χ0n) is 18.2. The summed E-state index contributed by atoms with van der Waals surface area (Å²) in [6.45, 7) is 6.45. The second-order valence-corrected chi connectivity index (χ2v) is 7.86. The molecule has 0 atom stereocenters. The van der Waals surface area contributed by atoms with Crippen molar-refractivity contribution >= 4 is 33.0 Å². The van der Waals surface area contributed by atoms with E-state index < -0.39 is 0 Å². The molecule has 10 nitrogen and oxygen atoms in total. The van der Waals surface area contributed by atoms with Gasteiger partial charge in [-0.25, -0.2) is 9.67 Å². The van der Waals surface area contributed by atoms with E-state index in [1.807, 2.05) is 13.8 Å². The molecule has 0 aliphatic carbocycles. The Morgan fingerprint density at radius 2 is 1.88 bits per heavy atom. The zero-order valence-corrected chi connectivity index (χ0v) is 18.2. The van der Waals surface area contributed by atoms with Crippen LogP contribution in [0.2, 0.25) is 0 Å². The van der Waals surface area contributed by atoms with Crippen molar-refractivity contribution in [3.8, 4) is 17.3 Å². The predicted molar refractivity (Wildman–Crippen MR) is 119 cm³/mol. The molecule has 0 fully saturated rings. The minimum atomic E-state index is -0.285. The lowest BCUT2D eigenvalue weighted by Crippen LogP contribution is -2.16. The van der Waals surface area contributed by atoms with Gasteiger partial charge in [-0.1, -0.05) is 6.07 Å². The minimum Gasteiger partial charge on any atom is -0.508 e. The van der Waals surface area contributed by atoms with Gasteiger partial charge in [0.05, 0.1) is 46.7 Å². The van der Waals surface area contributed by atoms with Crippen molar-refractivity contribution in [2.24, 2.45) is 0 Å². The van der Waals surface area contributed by atoms with E-state index in [2.05, 4.69) is 20.1 Å². The molecule has 10 heteroatoms. The molecule has 1 aromatic carbocycles. The fourth-order valence-corrected chi connectivity index (χ4v) is 4.31. The molecule has 5 aromatic rings. The van der Waals surface area contributed by atoms with Crippen LogP contribution in [0.1, 0.15) is 17.0 Å². The summed E-state index contributed by atoms with van der Waals surface area (Å²) in [5.41, 5.74) is 3.83. The SMILES string of the molecule is COCCn1ncc2c3[nH]c(C)nc4c3c(c(O)nc21)c(=N)n4-c1c(C)ccc(O)c1C. The Morgan fingerprint density at radius 1 is 1.09 bits per heavy atom. The number of phenolic OH excluding ortho intramolecular Hbond substituents is 1. The van der Waals surface area contributed by atoms with E-state index in [1.54, 1.807) is 41.6 Å².